The van der Waals surface area contributed by atoms with Gasteiger partial charge in [-0.25, -0.2) is 4.79 Å². The molecule has 0 unspecified atom stereocenters. The third-order valence-corrected chi connectivity index (χ3v) is 5.71. The summed E-state index contributed by atoms with van der Waals surface area (Å²) in [6.07, 6.45) is 1.70. The maximum atomic E-state index is 13.6. The first-order valence-electron chi connectivity index (χ1n) is 10.8. The van der Waals surface area contributed by atoms with Gasteiger partial charge in [0.05, 0.1) is 27.4 Å². The van der Waals surface area contributed by atoms with Crippen LogP contribution in [-0.2, 0) is 11.3 Å². The number of carbonyl (C=O) groups is 1. The highest BCUT2D eigenvalue weighted by molar-refractivity contribution is 5.96. The maximum Gasteiger partial charge on any atom is 0.349 e. The molecule has 1 amide bonds. The lowest BCUT2D eigenvalue weighted by atomic mass is 10.1. The Morgan fingerprint density at radius 2 is 1.79 bits per heavy atom. The molecule has 1 saturated heterocycles. The molecule has 4 rings (SSSR count). The third kappa shape index (κ3) is 4.80. The average molecular weight is 453 g/mol. The summed E-state index contributed by atoms with van der Waals surface area (Å²) in [5, 5.41) is 0.685. The van der Waals surface area contributed by atoms with Gasteiger partial charge in [0.15, 0.2) is 11.5 Å². The Kier molecular flexibility index (Phi) is 6.84. The van der Waals surface area contributed by atoms with Gasteiger partial charge in [-0.3, -0.25) is 4.79 Å². The van der Waals surface area contributed by atoms with Crippen molar-refractivity contribution in [3.63, 3.8) is 0 Å². The highest BCUT2D eigenvalue weighted by Crippen LogP contribution is 2.38. The molecule has 0 spiro atoms. The summed E-state index contributed by atoms with van der Waals surface area (Å²) in [7, 11) is 4.61. The quantitative estimate of drug-likeness (QED) is 0.481. The Morgan fingerprint density at radius 3 is 2.42 bits per heavy atom. The molecule has 1 aliphatic heterocycles. The molecule has 1 aromatic heterocycles. The van der Waals surface area contributed by atoms with Gasteiger partial charge in [0, 0.05) is 25.1 Å². The highest BCUT2D eigenvalue weighted by atomic mass is 16.5. The first-order valence-corrected chi connectivity index (χ1v) is 10.8. The van der Waals surface area contributed by atoms with Crippen molar-refractivity contribution in [2.24, 2.45) is 0 Å². The Labute approximate surface area is 191 Å². The van der Waals surface area contributed by atoms with Crippen LogP contribution in [0.4, 0.5) is 0 Å². The van der Waals surface area contributed by atoms with Crippen LogP contribution in [0.3, 0.4) is 0 Å². The molecule has 1 atom stereocenters. The number of nitrogens with zero attached hydrogens (tertiary/aromatic N) is 1. The van der Waals surface area contributed by atoms with Crippen LogP contribution >= 0.6 is 0 Å². The second-order valence-corrected chi connectivity index (χ2v) is 7.84. The minimum atomic E-state index is -0.666. The number of ether oxygens (including phenoxy) is 4. The maximum absolute atomic E-state index is 13.6. The molecule has 0 aliphatic carbocycles. The zero-order valence-electron chi connectivity index (χ0n) is 19.0. The van der Waals surface area contributed by atoms with Gasteiger partial charge in [-0.15, -0.1) is 0 Å². The van der Waals surface area contributed by atoms with E-state index in [4.69, 9.17) is 23.4 Å². The summed E-state index contributed by atoms with van der Waals surface area (Å²) in [5.41, 5.74) is 0.524. The summed E-state index contributed by atoms with van der Waals surface area (Å²) in [4.78, 5) is 27.8. The standard InChI is InChI=1S/C25H27NO7/c1-29-21-11-16(12-22(30-2)23(21)31-3)14-26(15-18-8-6-10-32-18)24(27)19-13-17-7-4-5-9-20(17)33-25(19)28/h4-5,7,9,11-13,18H,6,8,10,14-15H2,1-3H3/t18-/m1/s1. The minimum absolute atomic E-state index is 0.0147. The predicted octanol–water partition coefficient (Wildman–Crippen LogP) is 3.64. The van der Waals surface area contributed by atoms with Crippen LogP contribution in [-0.4, -0.2) is 51.4 Å². The monoisotopic (exact) mass is 453 g/mol. The average Bonchev–Trinajstić information content (AvgIpc) is 3.35. The number of benzene rings is 2. The normalized spacial score (nSPS) is 15.4. The van der Waals surface area contributed by atoms with Crippen molar-refractivity contribution in [1.29, 1.82) is 0 Å². The molecular weight excluding hydrogens is 426 g/mol. The van der Waals surface area contributed by atoms with E-state index in [1.54, 1.807) is 41.3 Å². The number of rotatable bonds is 8. The van der Waals surface area contributed by atoms with Crippen LogP contribution in [0, 0.1) is 0 Å². The summed E-state index contributed by atoms with van der Waals surface area (Å²) in [6.45, 7) is 1.23. The Balaban J connectivity index is 1.71. The number of carbonyl (C=O) groups excluding carboxylic acids is 1. The van der Waals surface area contributed by atoms with Crippen molar-refractivity contribution in [2.75, 3.05) is 34.5 Å². The van der Waals surface area contributed by atoms with Gasteiger partial charge in [0.1, 0.15) is 11.1 Å². The zero-order valence-corrected chi connectivity index (χ0v) is 19.0. The first kappa shape index (κ1) is 22.7. The molecule has 33 heavy (non-hydrogen) atoms. The van der Waals surface area contributed by atoms with Crippen LogP contribution < -0.4 is 19.8 Å². The lowest BCUT2D eigenvalue weighted by Crippen LogP contribution is -2.38. The second-order valence-electron chi connectivity index (χ2n) is 7.84. The van der Waals surface area contributed by atoms with Gasteiger partial charge in [0.25, 0.3) is 5.91 Å². The van der Waals surface area contributed by atoms with Gasteiger partial charge in [-0.05, 0) is 42.7 Å². The van der Waals surface area contributed by atoms with Gasteiger partial charge >= 0.3 is 5.63 Å². The van der Waals surface area contributed by atoms with Gasteiger partial charge in [0.2, 0.25) is 5.75 Å². The van der Waals surface area contributed by atoms with E-state index in [0.717, 1.165) is 18.4 Å². The molecule has 8 heteroatoms. The van der Waals surface area contributed by atoms with Gasteiger partial charge in [-0.1, -0.05) is 18.2 Å². The van der Waals surface area contributed by atoms with Gasteiger partial charge < -0.3 is 28.3 Å². The summed E-state index contributed by atoms with van der Waals surface area (Å²) in [5.74, 6) is 1.03. The van der Waals surface area contributed by atoms with Crippen molar-refractivity contribution >= 4 is 16.9 Å². The molecule has 0 saturated carbocycles. The predicted molar refractivity (Wildman–Crippen MR) is 122 cm³/mol. The van der Waals surface area contributed by atoms with Crippen LogP contribution in [0.1, 0.15) is 28.8 Å². The Morgan fingerprint density at radius 1 is 1.06 bits per heavy atom. The smallest absolute Gasteiger partial charge is 0.349 e. The molecular formula is C25H27NO7. The number of amides is 1. The van der Waals surface area contributed by atoms with Crippen molar-refractivity contribution in [3.8, 4) is 17.2 Å². The molecule has 2 heterocycles. The van der Waals surface area contributed by atoms with Crippen LogP contribution in [0.2, 0.25) is 0 Å². The Bertz CT molecular complexity index is 1170. The summed E-state index contributed by atoms with van der Waals surface area (Å²) >= 11 is 0. The van der Waals surface area contributed by atoms with Crippen molar-refractivity contribution < 1.29 is 28.2 Å². The molecule has 1 fully saturated rings. The number of methoxy groups -OCH3 is 3. The van der Waals surface area contributed by atoms with E-state index in [9.17, 15) is 9.59 Å². The minimum Gasteiger partial charge on any atom is -0.493 e. The van der Waals surface area contributed by atoms with E-state index in [1.807, 2.05) is 6.07 Å². The third-order valence-electron chi connectivity index (χ3n) is 5.71. The molecule has 3 aromatic rings. The lowest BCUT2D eigenvalue weighted by Gasteiger charge is -2.26. The van der Waals surface area contributed by atoms with Crippen LogP contribution in [0.5, 0.6) is 17.2 Å². The first-order chi connectivity index (χ1) is 16.0. The summed E-state index contributed by atoms with van der Waals surface area (Å²) < 4.78 is 27.5. The molecule has 0 radical (unpaired) electrons. The van der Waals surface area contributed by atoms with E-state index >= 15 is 0 Å². The highest BCUT2D eigenvalue weighted by Gasteiger charge is 2.27. The summed E-state index contributed by atoms with van der Waals surface area (Å²) in [6, 6.07) is 12.3. The fraction of sp³-hybridized carbons (Fsp3) is 0.360. The molecule has 174 valence electrons. The molecule has 2 aromatic carbocycles. The Hall–Kier alpha value is -3.52. The van der Waals surface area contributed by atoms with Crippen LogP contribution in [0.25, 0.3) is 11.0 Å². The number of para-hydroxylation sites is 1. The molecule has 8 nitrogen and oxygen atoms in total. The second kappa shape index (κ2) is 9.95. The van der Waals surface area contributed by atoms with Crippen LogP contribution in [0.15, 0.2) is 51.7 Å². The number of hydrogen-bond donors (Lipinski definition) is 0. The SMILES string of the molecule is COc1cc(CN(C[C@H]2CCCO2)C(=O)c2cc3ccccc3oc2=O)cc(OC)c1OC. The molecule has 0 N–H and O–H groups in total. The van der Waals surface area contributed by atoms with E-state index in [1.165, 1.54) is 21.3 Å². The fourth-order valence-corrected chi connectivity index (χ4v) is 4.08. The molecule has 1 aliphatic rings. The topological polar surface area (TPSA) is 87.4 Å². The van der Waals surface area contributed by atoms with Gasteiger partial charge in [-0.2, -0.15) is 0 Å². The number of fused-ring (bicyclic) bond motifs is 1. The lowest BCUT2D eigenvalue weighted by molar-refractivity contribution is 0.0504. The van der Waals surface area contributed by atoms with Crippen molar-refractivity contribution in [2.45, 2.75) is 25.5 Å². The molecule has 0 bridgehead atoms. The van der Waals surface area contributed by atoms with Crippen molar-refractivity contribution in [1.82, 2.24) is 4.90 Å². The fourth-order valence-electron chi connectivity index (χ4n) is 4.08. The number of hydrogen-bond acceptors (Lipinski definition) is 7. The van der Waals surface area contributed by atoms with Crippen molar-refractivity contribution in [3.05, 3.63) is 64.0 Å². The van der Waals surface area contributed by atoms with E-state index in [0.29, 0.717) is 41.4 Å². The van der Waals surface area contributed by atoms with E-state index in [-0.39, 0.29) is 18.2 Å². The zero-order chi connectivity index (χ0) is 23.4. The van der Waals surface area contributed by atoms with E-state index in [2.05, 4.69) is 0 Å². The van der Waals surface area contributed by atoms with E-state index < -0.39 is 11.5 Å². The largest absolute Gasteiger partial charge is 0.493 e.